The highest BCUT2D eigenvalue weighted by Gasteiger charge is 2.34. The first-order chi connectivity index (χ1) is 15.6. The van der Waals surface area contributed by atoms with E-state index in [1.807, 2.05) is 0 Å². The summed E-state index contributed by atoms with van der Waals surface area (Å²) in [5, 5.41) is 3.49. The van der Waals surface area contributed by atoms with Gasteiger partial charge in [0.05, 0.1) is 0 Å². The standard InChI is InChI=1S/C27H38N4O/c1-21(2)29-16-18-30(19-17-29)27(20-32)31(24-12-14-28-15-13-24)26-11-7-10-25(22(26)3)23-8-5-4-6-9-23/h4-11,20-21,24,27-28H,12-19H2,1-3H3/t27-/m0/s1. The zero-order valence-electron chi connectivity index (χ0n) is 19.8. The minimum Gasteiger partial charge on any atom is -0.346 e. The first-order valence-corrected chi connectivity index (χ1v) is 12.2. The predicted octanol–water partition coefficient (Wildman–Crippen LogP) is 3.77. The molecular weight excluding hydrogens is 396 g/mol. The van der Waals surface area contributed by atoms with Crippen LogP contribution in [0.25, 0.3) is 11.1 Å². The van der Waals surface area contributed by atoms with E-state index >= 15 is 0 Å². The zero-order valence-corrected chi connectivity index (χ0v) is 19.8. The molecule has 0 aromatic heterocycles. The van der Waals surface area contributed by atoms with Crippen molar-refractivity contribution in [2.75, 3.05) is 44.2 Å². The van der Waals surface area contributed by atoms with Crippen molar-refractivity contribution in [2.24, 2.45) is 0 Å². The minimum atomic E-state index is -0.225. The molecular formula is C27H38N4O. The van der Waals surface area contributed by atoms with Crippen molar-refractivity contribution in [3.05, 3.63) is 54.1 Å². The summed E-state index contributed by atoms with van der Waals surface area (Å²) in [5.74, 6) is 0. The number of nitrogens with one attached hydrogen (secondary N) is 1. The molecule has 2 aromatic carbocycles. The van der Waals surface area contributed by atoms with Gasteiger partial charge < -0.3 is 10.2 Å². The average Bonchev–Trinajstić information content (AvgIpc) is 2.84. The molecule has 2 aliphatic heterocycles. The number of hydrogen-bond acceptors (Lipinski definition) is 5. The van der Waals surface area contributed by atoms with Crippen LogP contribution in [0.4, 0.5) is 5.69 Å². The van der Waals surface area contributed by atoms with Crippen LogP contribution in [-0.4, -0.2) is 73.6 Å². The third-order valence-electron chi connectivity index (χ3n) is 7.23. The lowest BCUT2D eigenvalue weighted by molar-refractivity contribution is -0.113. The molecule has 2 fully saturated rings. The Balaban J connectivity index is 1.69. The van der Waals surface area contributed by atoms with Gasteiger partial charge in [0.1, 0.15) is 6.17 Å². The van der Waals surface area contributed by atoms with Crippen LogP contribution in [0.3, 0.4) is 0 Å². The molecule has 2 aromatic rings. The van der Waals surface area contributed by atoms with E-state index in [0.29, 0.717) is 12.1 Å². The molecule has 1 atom stereocenters. The molecule has 0 amide bonds. The third-order valence-corrected chi connectivity index (χ3v) is 7.23. The highest BCUT2D eigenvalue weighted by Crippen LogP contribution is 2.34. The van der Waals surface area contributed by atoms with Gasteiger partial charge in [-0.15, -0.1) is 0 Å². The van der Waals surface area contributed by atoms with E-state index in [1.165, 1.54) is 28.7 Å². The number of rotatable bonds is 7. The number of benzene rings is 2. The fourth-order valence-corrected chi connectivity index (χ4v) is 5.32. The molecule has 0 aliphatic carbocycles. The second-order valence-electron chi connectivity index (χ2n) is 9.42. The molecule has 0 spiro atoms. The van der Waals surface area contributed by atoms with Crippen molar-refractivity contribution in [1.82, 2.24) is 15.1 Å². The van der Waals surface area contributed by atoms with Crippen LogP contribution in [0.2, 0.25) is 0 Å². The topological polar surface area (TPSA) is 38.8 Å². The Morgan fingerprint density at radius 1 is 0.938 bits per heavy atom. The summed E-state index contributed by atoms with van der Waals surface area (Å²) in [6.45, 7) is 12.6. The number of carbonyl (C=O) groups excluding carboxylic acids is 1. The van der Waals surface area contributed by atoms with Crippen molar-refractivity contribution in [3.63, 3.8) is 0 Å². The number of hydrogen-bond donors (Lipinski definition) is 1. The summed E-state index contributed by atoms with van der Waals surface area (Å²) in [6.07, 6.45) is 3.08. The number of aldehydes is 1. The molecule has 2 heterocycles. The highest BCUT2D eigenvalue weighted by atomic mass is 16.1. The Bertz CT molecular complexity index is 870. The van der Waals surface area contributed by atoms with Gasteiger partial charge in [-0.1, -0.05) is 42.5 Å². The number of carbonyl (C=O) groups is 1. The van der Waals surface area contributed by atoms with E-state index in [9.17, 15) is 4.79 Å². The summed E-state index contributed by atoms with van der Waals surface area (Å²) in [4.78, 5) is 20.0. The van der Waals surface area contributed by atoms with E-state index in [2.05, 4.69) is 89.3 Å². The van der Waals surface area contributed by atoms with Gasteiger partial charge in [0.15, 0.2) is 6.29 Å². The Morgan fingerprint density at radius 3 is 2.22 bits per heavy atom. The molecule has 172 valence electrons. The van der Waals surface area contributed by atoms with Crippen LogP contribution in [0, 0.1) is 6.92 Å². The Hall–Kier alpha value is -2.21. The predicted molar refractivity (Wildman–Crippen MR) is 133 cm³/mol. The minimum absolute atomic E-state index is 0.225. The normalized spacial score (nSPS) is 19.8. The molecule has 1 N–H and O–H groups in total. The first-order valence-electron chi connectivity index (χ1n) is 12.2. The molecule has 32 heavy (non-hydrogen) atoms. The van der Waals surface area contributed by atoms with Gasteiger partial charge >= 0.3 is 0 Å². The van der Waals surface area contributed by atoms with Gasteiger partial charge in [-0.3, -0.25) is 14.6 Å². The number of nitrogens with zero attached hydrogens (tertiary/aromatic N) is 3. The van der Waals surface area contributed by atoms with Crippen molar-refractivity contribution < 1.29 is 4.79 Å². The van der Waals surface area contributed by atoms with Gasteiger partial charge in [-0.25, -0.2) is 0 Å². The number of piperazine rings is 1. The molecule has 5 nitrogen and oxygen atoms in total. The maximum atomic E-state index is 12.6. The van der Waals surface area contributed by atoms with E-state index in [4.69, 9.17) is 0 Å². The highest BCUT2D eigenvalue weighted by molar-refractivity contribution is 5.77. The summed E-state index contributed by atoms with van der Waals surface area (Å²) in [7, 11) is 0. The SMILES string of the molecule is Cc1c(-c2ccccc2)cccc1N(C1CCNCC1)[C@@H](C=O)N1CCN(C(C)C)CC1. The fourth-order valence-electron chi connectivity index (χ4n) is 5.32. The lowest BCUT2D eigenvalue weighted by atomic mass is 9.96. The van der Waals surface area contributed by atoms with Crippen molar-refractivity contribution >= 4 is 12.0 Å². The Kier molecular flexibility index (Phi) is 7.61. The van der Waals surface area contributed by atoms with Crippen molar-refractivity contribution in [2.45, 2.75) is 51.9 Å². The fraction of sp³-hybridized carbons (Fsp3) is 0.519. The maximum absolute atomic E-state index is 12.6. The number of piperidine rings is 1. The van der Waals surface area contributed by atoms with Gasteiger partial charge in [0, 0.05) is 44.0 Å². The van der Waals surface area contributed by atoms with Gasteiger partial charge in [0.2, 0.25) is 0 Å². The second-order valence-corrected chi connectivity index (χ2v) is 9.42. The summed E-state index contributed by atoms with van der Waals surface area (Å²) in [6, 6.07) is 18.1. The van der Waals surface area contributed by atoms with Crippen LogP contribution >= 0.6 is 0 Å². The summed E-state index contributed by atoms with van der Waals surface area (Å²) >= 11 is 0. The molecule has 0 radical (unpaired) electrons. The maximum Gasteiger partial charge on any atom is 0.157 e. The van der Waals surface area contributed by atoms with Crippen LogP contribution < -0.4 is 10.2 Å². The van der Waals surface area contributed by atoms with Gasteiger partial charge in [-0.05, 0) is 69.5 Å². The lowest BCUT2D eigenvalue weighted by Gasteiger charge is -2.47. The quantitative estimate of drug-likeness (QED) is 0.672. The monoisotopic (exact) mass is 434 g/mol. The molecule has 0 saturated carbocycles. The molecule has 5 heteroatoms. The zero-order chi connectivity index (χ0) is 22.5. The van der Waals surface area contributed by atoms with Crippen molar-refractivity contribution in [1.29, 1.82) is 0 Å². The molecule has 0 unspecified atom stereocenters. The molecule has 2 aliphatic rings. The van der Waals surface area contributed by atoms with Gasteiger partial charge in [-0.2, -0.15) is 0 Å². The Labute approximate surface area is 193 Å². The molecule has 2 saturated heterocycles. The van der Waals surface area contributed by atoms with Crippen LogP contribution in [-0.2, 0) is 4.79 Å². The van der Waals surface area contributed by atoms with E-state index < -0.39 is 0 Å². The summed E-state index contributed by atoms with van der Waals surface area (Å²) in [5.41, 5.74) is 4.92. The van der Waals surface area contributed by atoms with Crippen LogP contribution in [0.15, 0.2) is 48.5 Å². The van der Waals surface area contributed by atoms with E-state index in [0.717, 1.165) is 52.1 Å². The summed E-state index contributed by atoms with van der Waals surface area (Å²) < 4.78 is 0. The largest absolute Gasteiger partial charge is 0.346 e. The molecule has 0 bridgehead atoms. The Morgan fingerprint density at radius 2 is 1.59 bits per heavy atom. The average molecular weight is 435 g/mol. The van der Waals surface area contributed by atoms with Crippen LogP contribution in [0.1, 0.15) is 32.3 Å². The smallest absolute Gasteiger partial charge is 0.157 e. The molecule has 4 rings (SSSR count). The van der Waals surface area contributed by atoms with E-state index in [1.54, 1.807) is 0 Å². The van der Waals surface area contributed by atoms with Crippen LogP contribution in [0.5, 0.6) is 0 Å². The van der Waals surface area contributed by atoms with Crippen molar-refractivity contribution in [3.8, 4) is 11.1 Å². The first kappa shape index (κ1) is 23.0. The number of anilines is 1. The van der Waals surface area contributed by atoms with Gasteiger partial charge in [0.25, 0.3) is 0 Å². The lowest BCUT2D eigenvalue weighted by Crippen LogP contribution is -2.61. The third kappa shape index (κ3) is 4.90. The second kappa shape index (κ2) is 10.6. The van der Waals surface area contributed by atoms with E-state index in [-0.39, 0.29) is 6.17 Å².